The molecule has 0 aromatic heterocycles. The highest BCUT2D eigenvalue weighted by Crippen LogP contribution is 2.37. The first-order valence-electron chi connectivity index (χ1n) is 5.61. The molecule has 0 aliphatic carbocycles. The molecule has 1 amide bonds. The molecular formula is C11H12ClN3O4. The molecule has 1 fully saturated rings. The van der Waals surface area contributed by atoms with E-state index in [0.29, 0.717) is 32.0 Å². The van der Waals surface area contributed by atoms with Crippen LogP contribution < -0.4 is 10.6 Å². The lowest BCUT2D eigenvalue weighted by Gasteiger charge is -2.29. The summed E-state index contributed by atoms with van der Waals surface area (Å²) >= 11 is 6.06. The summed E-state index contributed by atoms with van der Waals surface area (Å²) in [6, 6.07) is 2.50. The zero-order valence-corrected chi connectivity index (χ0v) is 10.7. The molecule has 2 N–H and O–H groups in total. The average Bonchev–Trinajstić information content (AvgIpc) is 2.38. The Morgan fingerprint density at radius 1 is 1.42 bits per heavy atom. The van der Waals surface area contributed by atoms with E-state index in [0.717, 1.165) is 6.07 Å². The van der Waals surface area contributed by atoms with Gasteiger partial charge in [-0.1, -0.05) is 11.6 Å². The number of hydrogen-bond donors (Lipinski definition) is 1. The second-order valence-corrected chi connectivity index (χ2v) is 4.45. The largest absolute Gasteiger partial charge is 0.378 e. The standard InChI is InChI=1S/C11H12ClN3O4/c12-8-5-7(11(13)16)6-9(15(17)18)10(8)14-1-3-19-4-2-14/h5-6H,1-4H2,(H2,13,16). The number of nitrogens with zero attached hydrogens (tertiary/aromatic N) is 2. The van der Waals surface area contributed by atoms with Gasteiger partial charge in [-0.3, -0.25) is 14.9 Å². The van der Waals surface area contributed by atoms with E-state index in [1.165, 1.54) is 6.07 Å². The van der Waals surface area contributed by atoms with Crippen LogP contribution in [0.5, 0.6) is 0 Å². The summed E-state index contributed by atoms with van der Waals surface area (Å²) in [5.41, 5.74) is 5.23. The maximum absolute atomic E-state index is 11.1. The molecule has 19 heavy (non-hydrogen) atoms. The first kappa shape index (κ1) is 13.6. The summed E-state index contributed by atoms with van der Waals surface area (Å²) in [5.74, 6) is -0.751. The highest BCUT2D eigenvalue weighted by molar-refractivity contribution is 6.34. The number of hydrogen-bond acceptors (Lipinski definition) is 5. The molecular weight excluding hydrogens is 274 g/mol. The second-order valence-electron chi connectivity index (χ2n) is 4.05. The predicted molar refractivity (Wildman–Crippen MR) is 69.7 cm³/mol. The summed E-state index contributed by atoms with van der Waals surface area (Å²) in [5, 5.41) is 11.3. The summed E-state index contributed by atoms with van der Waals surface area (Å²) in [6.45, 7) is 1.98. The minimum absolute atomic E-state index is 0.0220. The van der Waals surface area contributed by atoms with Crippen molar-refractivity contribution in [3.05, 3.63) is 32.8 Å². The number of rotatable bonds is 3. The highest BCUT2D eigenvalue weighted by atomic mass is 35.5. The third-order valence-electron chi connectivity index (χ3n) is 2.85. The van der Waals surface area contributed by atoms with Crippen molar-refractivity contribution in [2.45, 2.75) is 0 Å². The van der Waals surface area contributed by atoms with E-state index in [4.69, 9.17) is 22.1 Å². The molecule has 1 saturated heterocycles. The van der Waals surface area contributed by atoms with E-state index in [1.54, 1.807) is 4.90 Å². The number of benzene rings is 1. The van der Waals surface area contributed by atoms with Crippen LogP contribution in [0.15, 0.2) is 12.1 Å². The van der Waals surface area contributed by atoms with Crippen LogP contribution in [0.25, 0.3) is 0 Å². The first-order valence-corrected chi connectivity index (χ1v) is 5.99. The number of nitro groups is 1. The van der Waals surface area contributed by atoms with Crippen molar-refractivity contribution in [1.29, 1.82) is 0 Å². The Balaban J connectivity index is 2.51. The smallest absolute Gasteiger partial charge is 0.294 e. The molecule has 1 aliphatic rings. The lowest BCUT2D eigenvalue weighted by Crippen LogP contribution is -2.36. The fourth-order valence-corrected chi connectivity index (χ4v) is 2.30. The number of morpholine rings is 1. The van der Waals surface area contributed by atoms with Gasteiger partial charge in [0.05, 0.1) is 23.2 Å². The number of nitrogens with two attached hydrogens (primary N) is 1. The molecule has 102 valence electrons. The van der Waals surface area contributed by atoms with Gasteiger partial charge >= 0.3 is 0 Å². The Bertz CT molecular complexity index is 529. The zero-order valence-electron chi connectivity index (χ0n) is 9.97. The van der Waals surface area contributed by atoms with Crippen LogP contribution in [0.1, 0.15) is 10.4 Å². The molecule has 0 radical (unpaired) electrons. The number of anilines is 1. The van der Waals surface area contributed by atoms with Gasteiger partial charge in [0.15, 0.2) is 0 Å². The summed E-state index contributed by atoms with van der Waals surface area (Å²) in [7, 11) is 0. The van der Waals surface area contributed by atoms with Crippen LogP contribution in [0.4, 0.5) is 11.4 Å². The van der Waals surface area contributed by atoms with Crippen molar-refractivity contribution in [2.75, 3.05) is 31.2 Å². The van der Waals surface area contributed by atoms with E-state index in [9.17, 15) is 14.9 Å². The Hall–Kier alpha value is -1.86. The van der Waals surface area contributed by atoms with Crippen molar-refractivity contribution < 1.29 is 14.5 Å². The molecule has 0 saturated carbocycles. The van der Waals surface area contributed by atoms with Crippen molar-refractivity contribution in [2.24, 2.45) is 5.73 Å². The number of primary amides is 1. The van der Waals surface area contributed by atoms with Gasteiger partial charge in [0, 0.05) is 24.7 Å². The minimum atomic E-state index is -0.751. The van der Waals surface area contributed by atoms with E-state index in [2.05, 4.69) is 0 Å². The van der Waals surface area contributed by atoms with Gasteiger partial charge in [0.2, 0.25) is 5.91 Å². The Kier molecular flexibility index (Phi) is 3.87. The van der Waals surface area contributed by atoms with Gasteiger partial charge in [0.1, 0.15) is 5.69 Å². The molecule has 0 spiro atoms. The van der Waals surface area contributed by atoms with E-state index >= 15 is 0 Å². The van der Waals surface area contributed by atoms with Gasteiger partial charge in [-0.05, 0) is 6.07 Å². The van der Waals surface area contributed by atoms with E-state index in [-0.39, 0.29) is 16.3 Å². The normalized spacial score (nSPS) is 15.3. The fraction of sp³-hybridized carbons (Fsp3) is 0.364. The molecule has 1 aromatic rings. The summed E-state index contributed by atoms with van der Waals surface area (Å²) in [4.78, 5) is 23.5. The summed E-state index contributed by atoms with van der Waals surface area (Å²) in [6.07, 6.45) is 0. The van der Waals surface area contributed by atoms with Crippen LogP contribution >= 0.6 is 11.6 Å². The maximum Gasteiger partial charge on any atom is 0.294 e. The number of halogens is 1. The number of nitro benzene ring substituents is 1. The molecule has 1 aromatic carbocycles. The zero-order chi connectivity index (χ0) is 14.0. The van der Waals surface area contributed by atoms with E-state index in [1.807, 2.05) is 0 Å². The molecule has 7 nitrogen and oxygen atoms in total. The fourth-order valence-electron chi connectivity index (χ4n) is 1.97. The Morgan fingerprint density at radius 3 is 2.58 bits per heavy atom. The van der Waals surface area contributed by atoms with Gasteiger partial charge in [-0.15, -0.1) is 0 Å². The van der Waals surface area contributed by atoms with Crippen LogP contribution in [0.2, 0.25) is 5.02 Å². The number of carbonyl (C=O) groups is 1. The monoisotopic (exact) mass is 285 g/mol. The molecule has 0 bridgehead atoms. The van der Waals surface area contributed by atoms with Gasteiger partial charge in [-0.2, -0.15) is 0 Å². The average molecular weight is 286 g/mol. The Morgan fingerprint density at radius 2 is 2.05 bits per heavy atom. The highest BCUT2D eigenvalue weighted by Gasteiger charge is 2.26. The quantitative estimate of drug-likeness (QED) is 0.664. The third-order valence-corrected chi connectivity index (χ3v) is 3.14. The molecule has 1 aliphatic heterocycles. The Labute approximate surface area is 114 Å². The van der Waals surface area contributed by atoms with Gasteiger partial charge in [0.25, 0.3) is 5.69 Å². The van der Waals surface area contributed by atoms with Crippen molar-refractivity contribution in [3.8, 4) is 0 Å². The molecule has 1 heterocycles. The predicted octanol–water partition coefficient (Wildman–Crippen LogP) is 1.18. The third kappa shape index (κ3) is 2.77. The van der Waals surface area contributed by atoms with Crippen molar-refractivity contribution >= 4 is 28.9 Å². The molecule has 0 unspecified atom stereocenters. The van der Waals surface area contributed by atoms with Gasteiger partial charge < -0.3 is 15.4 Å². The first-order chi connectivity index (χ1) is 9.00. The van der Waals surface area contributed by atoms with Crippen molar-refractivity contribution in [1.82, 2.24) is 0 Å². The molecule has 2 rings (SSSR count). The van der Waals surface area contributed by atoms with Crippen LogP contribution in [-0.2, 0) is 4.74 Å². The summed E-state index contributed by atoms with van der Waals surface area (Å²) < 4.78 is 5.19. The number of carbonyl (C=O) groups excluding carboxylic acids is 1. The van der Waals surface area contributed by atoms with E-state index < -0.39 is 10.8 Å². The lowest BCUT2D eigenvalue weighted by atomic mass is 10.1. The number of ether oxygens (including phenoxy) is 1. The molecule has 8 heteroatoms. The maximum atomic E-state index is 11.1. The lowest BCUT2D eigenvalue weighted by molar-refractivity contribution is -0.384. The van der Waals surface area contributed by atoms with Crippen LogP contribution in [0, 0.1) is 10.1 Å². The molecule has 0 atom stereocenters. The van der Waals surface area contributed by atoms with Crippen LogP contribution in [0.3, 0.4) is 0 Å². The van der Waals surface area contributed by atoms with Crippen LogP contribution in [-0.4, -0.2) is 37.1 Å². The SMILES string of the molecule is NC(=O)c1cc(Cl)c(N2CCOCC2)c([N+](=O)[O-])c1. The van der Waals surface area contributed by atoms with Gasteiger partial charge in [-0.25, -0.2) is 0 Å². The second kappa shape index (κ2) is 5.41. The topological polar surface area (TPSA) is 98.7 Å². The number of amides is 1. The minimum Gasteiger partial charge on any atom is -0.378 e. The van der Waals surface area contributed by atoms with Crippen molar-refractivity contribution in [3.63, 3.8) is 0 Å².